The van der Waals surface area contributed by atoms with Crippen molar-refractivity contribution in [2.24, 2.45) is 0 Å². The van der Waals surface area contributed by atoms with E-state index in [9.17, 15) is 4.79 Å². The van der Waals surface area contributed by atoms with Crippen LogP contribution in [0.2, 0.25) is 0 Å². The van der Waals surface area contributed by atoms with Gasteiger partial charge in [-0.3, -0.25) is 4.68 Å². The lowest BCUT2D eigenvalue weighted by Crippen LogP contribution is -2.45. The van der Waals surface area contributed by atoms with Gasteiger partial charge in [0.25, 0.3) is 0 Å². The number of aryl methyl sites for hydroxylation is 1. The maximum absolute atomic E-state index is 11.8. The van der Waals surface area contributed by atoms with Gasteiger partial charge in [-0.1, -0.05) is 6.07 Å². The standard InChI is InChI=1S/C13H16N4OS/c18-13(14-9-12-2-1-7-19-12)16-10-4-6-17-11(8-10)3-5-15-17/h1-3,5,7,10H,4,6,8-9H2,(H2,14,16,18). The molecule has 2 aromatic rings. The van der Waals surface area contributed by atoms with Gasteiger partial charge in [0.05, 0.1) is 6.54 Å². The predicted octanol–water partition coefficient (Wildman–Crippen LogP) is 1.76. The fourth-order valence-corrected chi connectivity index (χ4v) is 2.95. The molecule has 3 heterocycles. The normalized spacial score (nSPS) is 17.8. The number of hydrogen-bond donors (Lipinski definition) is 2. The zero-order chi connectivity index (χ0) is 13.1. The maximum Gasteiger partial charge on any atom is 0.315 e. The average Bonchev–Trinajstić information content (AvgIpc) is 3.07. The Hall–Kier alpha value is -1.82. The van der Waals surface area contributed by atoms with Gasteiger partial charge in [-0.05, 0) is 23.9 Å². The van der Waals surface area contributed by atoms with Crippen molar-refractivity contribution in [1.29, 1.82) is 0 Å². The molecule has 0 saturated heterocycles. The van der Waals surface area contributed by atoms with Crippen LogP contribution < -0.4 is 10.6 Å². The van der Waals surface area contributed by atoms with E-state index in [-0.39, 0.29) is 12.1 Å². The second-order valence-electron chi connectivity index (χ2n) is 4.64. The summed E-state index contributed by atoms with van der Waals surface area (Å²) in [7, 11) is 0. The van der Waals surface area contributed by atoms with Crippen molar-refractivity contribution in [2.75, 3.05) is 0 Å². The van der Waals surface area contributed by atoms with Crippen molar-refractivity contribution in [1.82, 2.24) is 20.4 Å². The molecule has 100 valence electrons. The number of rotatable bonds is 3. The lowest BCUT2D eigenvalue weighted by Gasteiger charge is -2.24. The first-order chi connectivity index (χ1) is 9.31. The van der Waals surface area contributed by atoms with Crippen molar-refractivity contribution in [3.05, 3.63) is 40.3 Å². The van der Waals surface area contributed by atoms with Gasteiger partial charge < -0.3 is 10.6 Å². The molecule has 1 aliphatic rings. The number of fused-ring (bicyclic) bond motifs is 1. The number of nitrogens with one attached hydrogen (secondary N) is 2. The SMILES string of the molecule is O=C(NCc1cccs1)NC1CCn2nccc2C1. The lowest BCUT2D eigenvalue weighted by molar-refractivity contribution is 0.233. The van der Waals surface area contributed by atoms with Gasteiger partial charge in [-0.25, -0.2) is 4.79 Å². The third kappa shape index (κ3) is 2.96. The summed E-state index contributed by atoms with van der Waals surface area (Å²) in [5.74, 6) is 0. The number of amides is 2. The van der Waals surface area contributed by atoms with Crippen LogP contribution in [0.15, 0.2) is 29.8 Å². The molecule has 2 N–H and O–H groups in total. The smallest absolute Gasteiger partial charge is 0.315 e. The number of carbonyl (C=O) groups is 1. The van der Waals surface area contributed by atoms with Gasteiger partial charge in [-0.15, -0.1) is 11.3 Å². The topological polar surface area (TPSA) is 59.0 Å². The van der Waals surface area contributed by atoms with Crippen molar-refractivity contribution in [2.45, 2.75) is 32.0 Å². The van der Waals surface area contributed by atoms with E-state index in [1.807, 2.05) is 34.5 Å². The summed E-state index contributed by atoms with van der Waals surface area (Å²) >= 11 is 1.65. The molecule has 0 fully saturated rings. The fraction of sp³-hybridized carbons (Fsp3) is 0.385. The molecule has 0 saturated carbocycles. The second-order valence-corrected chi connectivity index (χ2v) is 5.67. The molecule has 0 spiro atoms. The number of nitrogens with zero attached hydrogens (tertiary/aromatic N) is 2. The highest BCUT2D eigenvalue weighted by molar-refractivity contribution is 7.09. The van der Waals surface area contributed by atoms with E-state index in [2.05, 4.69) is 15.7 Å². The Morgan fingerprint density at radius 2 is 2.47 bits per heavy atom. The number of carbonyl (C=O) groups excluding carboxylic acids is 1. The number of hydrogen-bond acceptors (Lipinski definition) is 3. The Morgan fingerprint density at radius 1 is 1.53 bits per heavy atom. The van der Waals surface area contributed by atoms with Crippen LogP contribution in [-0.4, -0.2) is 21.9 Å². The van der Waals surface area contributed by atoms with Gasteiger partial charge in [0.15, 0.2) is 0 Å². The Labute approximate surface area is 115 Å². The van der Waals surface area contributed by atoms with E-state index in [1.54, 1.807) is 11.3 Å². The second kappa shape index (κ2) is 5.44. The zero-order valence-corrected chi connectivity index (χ0v) is 11.3. The summed E-state index contributed by atoms with van der Waals surface area (Å²) in [5, 5.41) is 12.2. The van der Waals surface area contributed by atoms with Gasteiger partial charge in [0, 0.05) is 35.8 Å². The molecule has 1 atom stereocenters. The number of thiophene rings is 1. The number of urea groups is 1. The summed E-state index contributed by atoms with van der Waals surface area (Å²) in [6.07, 6.45) is 3.60. The van der Waals surface area contributed by atoms with Crippen molar-refractivity contribution in [3.63, 3.8) is 0 Å². The molecule has 0 aliphatic carbocycles. The summed E-state index contributed by atoms with van der Waals surface area (Å²) in [4.78, 5) is 13.0. The molecule has 2 aromatic heterocycles. The van der Waals surface area contributed by atoms with Crippen molar-refractivity contribution in [3.8, 4) is 0 Å². The minimum Gasteiger partial charge on any atom is -0.335 e. The maximum atomic E-state index is 11.8. The summed E-state index contributed by atoms with van der Waals surface area (Å²) in [6.45, 7) is 1.46. The van der Waals surface area contributed by atoms with E-state index in [0.717, 1.165) is 24.3 Å². The Balaban J connectivity index is 1.48. The first-order valence-corrected chi connectivity index (χ1v) is 7.26. The minimum atomic E-state index is -0.0913. The number of aromatic nitrogens is 2. The lowest BCUT2D eigenvalue weighted by atomic mass is 10.0. The molecular formula is C13H16N4OS. The molecule has 19 heavy (non-hydrogen) atoms. The highest BCUT2D eigenvalue weighted by Crippen LogP contribution is 2.13. The monoisotopic (exact) mass is 276 g/mol. The molecule has 5 nitrogen and oxygen atoms in total. The van der Waals surface area contributed by atoms with Gasteiger partial charge >= 0.3 is 6.03 Å². The predicted molar refractivity (Wildman–Crippen MR) is 74.0 cm³/mol. The highest BCUT2D eigenvalue weighted by Gasteiger charge is 2.20. The molecule has 6 heteroatoms. The molecule has 2 amide bonds. The quantitative estimate of drug-likeness (QED) is 0.897. The van der Waals surface area contributed by atoms with Crippen LogP contribution in [0.1, 0.15) is 17.0 Å². The van der Waals surface area contributed by atoms with E-state index >= 15 is 0 Å². The van der Waals surface area contributed by atoms with Crippen molar-refractivity contribution < 1.29 is 4.79 Å². The molecule has 1 aliphatic heterocycles. The van der Waals surface area contributed by atoms with Crippen LogP contribution >= 0.6 is 11.3 Å². The molecular weight excluding hydrogens is 260 g/mol. The third-order valence-corrected chi connectivity index (χ3v) is 4.16. The Kier molecular flexibility index (Phi) is 3.50. The summed E-state index contributed by atoms with van der Waals surface area (Å²) < 4.78 is 2.00. The van der Waals surface area contributed by atoms with Crippen LogP contribution in [0.4, 0.5) is 4.79 Å². The largest absolute Gasteiger partial charge is 0.335 e. The highest BCUT2D eigenvalue weighted by atomic mass is 32.1. The van der Waals surface area contributed by atoms with Crippen LogP contribution in [-0.2, 0) is 19.5 Å². The molecule has 0 radical (unpaired) electrons. The molecule has 0 aromatic carbocycles. The summed E-state index contributed by atoms with van der Waals surface area (Å²) in [6, 6.07) is 6.13. The molecule has 3 rings (SSSR count). The van der Waals surface area contributed by atoms with E-state index in [0.29, 0.717) is 6.54 Å². The van der Waals surface area contributed by atoms with Crippen LogP contribution in [0.25, 0.3) is 0 Å². The van der Waals surface area contributed by atoms with E-state index in [1.165, 1.54) is 5.69 Å². The molecule has 0 bridgehead atoms. The van der Waals surface area contributed by atoms with Crippen LogP contribution in [0.3, 0.4) is 0 Å². The first-order valence-electron chi connectivity index (χ1n) is 6.39. The van der Waals surface area contributed by atoms with E-state index < -0.39 is 0 Å². The van der Waals surface area contributed by atoms with Gasteiger partial charge in [0.2, 0.25) is 0 Å². The first kappa shape index (κ1) is 12.2. The van der Waals surface area contributed by atoms with Gasteiger partial charge in [-0.2, -0.15) is 5.10 Å². The minimum absolute atomic E-state index is 0.0913. The van der Waals surface area contributed by atoms with Crippen LogP contribution in [0.5, 0.6) is 0 Å². The van der Waals surface area contributed by atoms with Crippen LogP contribution in [0, 0.1) is 0 Å². The van der Waals surface area contributed by atoms with Crippen molar-refractivity contribution >= 4 is 17.4 Å². The fourth-order valence-electron chi connectivity index (χ4n) is 2.31. The summed E-state index contributed by atoms with van der Waals surface area (Å²) in [5.41, 5.74) is 1.19. The van der Waals surface area contributed by atoms with Gasteiger partial charge in [0.1, 0.15) is 0 Å². The average molecular weight is 276 g/mol. The molecule has 1 unspecified atom stereocenters. The Morgan fingerprint density at radius 3 is 3.32 bits per heavy atom. The Bertz CT molecular complexity index is 549. The zero-order valence-electron chi connectivity index (χ0n) is 10.5. The van der Waals surface area contributed by atoms with E-state index in [4.69, 9.17) is 0 Å². The third-order valence-electron chi connectivity index (χ3n) is 3.29.